The third kappa shape index (κ3) is 6.81. The number of benzene rings is 2. The molecule has 230 valence electrons. The predicted molar refractivity (Wildman–Crippen MR) is 156 cm³/mol. The van der Waals surface area contributed by atoms with Gasteiger partial charge in [-0.25, -0.2) is 17.8 Å². The maximum Gasteiger partial charge on any atom is 0.419 e. The van der Waals surface area contributed by atoms with Crippen molar-refractivity contribution in [3.05, 3.63) is 105 Å². The van der Waals surface area contributed by atoms with Gasteiger partial charge >= 0.3 is 6.18 Å². The summed E-state index contributed by atoms with van der Waals surface area (Å²) < 4.78 is 80.2. The van der Waals surface area contributed by atoms with E-state index in [2.05, 4.69) is 11.1 Å². The van der Waals surface area contributed by atoms with Crippen molar-refractivity contribution in [2.75, 3.05) is 18.1 Å². The normalized spacial score (nSPS) is 12.6. The van der Waals surface area contributed by atoms with Crippen LogP contribution in [-0.4, -0.2) is 46.7 Å². The van der Waals surface area contributed by atoms with Crippen LogP contribution in [0.1, 0.15) is 47.8 Å². The Morgan fingerprint density at radius 1 is 1.14 bits per heavy atom. The number of carbonyl (C=O) groups is 1. The molecule has 0 aliphatic carbocycles. The second kappa shape index (κ2) is 12.6. The number of hydrogen-bond donors (Lipinski definition) is 0. The van der Waals surface area contributed by atoms with Crippen molar-refractivity contribution in [3.8, 4) is 17.2 Å². The number of amides is 1. The Balaban J connectivity index is 1.87. The molecule has 0 radical (unpaired) electrons. The van der Waals surface area contributed by atoms with E-state index in [1.807, 2.05) is 0 Å². The van der Waals surface area contributed by atoms with Gasteiger partial charge in [-0.3, -0.25) is 14.0 Å². The minimum Gasteiger partial charge on any atom is -0.333 e. The second-order valence-corrected chi connectivity index (χ2v) is 12.7. The summed E-state index contributed by atoms with van der Waals surface area (Å²) in [6.45, 7) is 4.34. The number of sulfone groups is 1. The molecule has 44 heavy (non-hydrogen) atoms. The Kier molecular flexibility index (Phi) is 9.25. The number of nitrogens with zero attached hydrogens (tertiary/aromatic N) is 4. The zero-order valence-electron chi connectivity index (χ0n) is 24.0. The van der Waals surface area contributed by atoms with Gasteiger partial charge in [-0.05, 0) is 66.9 Å². The lowest BCUT2D eigenvalue weighted by Crippen LogP contribution is -2.39. The van der Waals surface area contributed by atoms with Crippen LogP contribution in [0.25, 0.3) is 16.8 Å². The summed E-state index contributed by atoms with van der Waals surface area (Å²) >= 11 is 0. The lowest BCUT2D eigenvalue weighted by molar-refractivity contribution is -0.140. The van der Waals surface area contributed by atoms with Crippen LogP contribution < -0.4 is 5.56 Å². The van der Waals surface area contributed by atoms with Crippen molar-refractivity contribution < 1.29 is 30.8 Å². The predicted octanol–water partition coefficient (Wildman–Crippen LogP) is 5.27. The average molecular weight is 629 g/mol. The van der Waals surface area contributed by atoms with Gasteiger partial charge in [0.05, 0.1) is 46.7 Å². The van der Waals surface area contributed by atoms with Crippen molar-refractivity contribution >= 4 is 21.4 Å². The molecule has 1 atom stereocenters. The zero-order valence-corrected chi connectivity index (χ0v) is 24.8. The summed E-state index contributed by atoms with van der Waals surface area (Å²) in [7, 11) is -3.60. The first-order valence-corrected chi connectivity index (χ1v) is 15.4. The van der Waals surface area contributed by atoms with Crippen LogP contribution in [-0.2, 0) is 27.2 Å². The van der Waals surface area contributed by atoms with Crippen LogP contribution in [0.5, 0.6) is 0 Å². The number of fused-ring (bicyclic) bond motifs is 1. The molecule has 0 unspecified atom stereocenters. The van der Waals surface area contributed by atoms with Gasteiger partial charge in [0.1, 0.15) is 11.5 Å². The first kappa shape index (κ1) is 32.3. The number of carbonyl (C=O) groups excluding carboxylic acids is 1. The van der Waals surface area contributed by atoms with Crippen LogP contribution in [0, 0.1) is 24.1 Å². The van der Waals surface area contributed by atoms with Gasteiger partial charge in [-0.15, -0.1) is 0 Å². The molecule has 13 heteroatoms. The van der Waals surface area contributed by atoms with E-state index in [0.29, 0.717) is 28.8 Å². The molecule has 2 aromatic carbocycles. The minimum atomic E-state index is -4.99. The van der Waals surface area contributed by atoms with E-state index in [9.17, 15) is 40.8 Å². The number of hydrogen-bond acceptors (Lipinski definition) is 6. The first-order valence-electron chi connectivity index (χ1n) is 13.5. The summed E-state index contributed by atoms with van der Waals surface area (Å²) in [4.78, 5) is 33.4. The Morgan fingerprint density at radius 2 is 1.86 bits per heavy atom. The topological polar surface area (TPSA) is 113 Å². The molecule has 2 heterocycles. The Morgan fingerprint density at radius 3 is 2.50 bits per heavy atom. The van der Waals surface area contributed by atoms with Gasteiger partial charge in [0.25, 0.3) is 5.56 Å². The summed E-state index contributed by atoms with van der Waals surface area (Å²) in [5.74, 6) is -2.90. The van der Waals surface area contributed by atoms with Crippen LogP contribution in [0.15, 0.2) is 65.6 Å². The van der Waals surface area contributed by atoms with Crippen molar-refractivity contribution in [1.82, 2.24) is 14.3 Å². The molecule has 0 fully saturated rings. The van der Waals surface area contributed by atoms with E-state index < -0.39 is 57.1 Å². The van der Waals surface area contributed by atoms with E-state index in [-0.39, 0.29) is 34.8 Å². The van der Waals surface area contributed by atoms with E-state index in [1.54, 1.807) is 50.2 Å². The average Bonchev–Trinajstić information content (AvgIpc) is 2.97. The minimum absolute atomic E-state index is 0.103. The Hall–Kier alpha value is -4.57. The molecule has 2 aromatic heterocycles. The SMILES string of the molecule is CCS(=O)(=O)CCN(C(=O)Cc1ccc(F)c(C(F)(F)F)c1)[C@H](C)c1nc2ccccn2c(=O)c1-c1ccc(C#N)c(C)c1. The number of aromatic nitrogens is 2. The molecule has 8 nitrogen and oxygen atoms in total. The summed E-state index contributed by atoms with van der Waals surface area (Å²) in [5, 5.41) is 9.39. The van der Waals surface area contributed by atoms with Gasteiger partial charge in [-0.1, -0.05) is 25.1 Å². The van der Waals surface area contributed by atoms with Crippen molar-refractivity contribution in [3.63, 3.8) is 0 Å². The highest BCUT2D eigenvalue weighted by atomic mass is 32.2. The Bertz CT molecular complexity index is 1950. The van der Waals surface area contributed by atoms with E-state index >= 15 is 0 Å². The number of rotatable bonds is 9. The molecular formula is C31H28F4N4O4S. The smallest absolute Gasteiger partial charge is 0.333 e. The molecule has 1 amide bonds. The van der Waals surface area contributed by atoms with Crippen LogP contribution in [0.3, 0.4) is 0 Å². The molecule has 4 rings (SSSR count). The van der Waals surface area contributed by atoms with Crippen molar-refractivity contribution in [1.29, 1.82) is 5.26 Å². The second-order valence-electron chi connectivity index (χ2n) is 10.2. The quantitative estimate of drug-likeness (QED) is 0.234. The standard InChI is InChI=1S/C31H28F4N4O4S/c1-4-44(42,43)14-13-38(27(40)17-21-8-11-25(32)24(16-21)31(33,34)35)20(3)29-28(22-9-10-23(18-36)19(2)15-22)30(41)39-12-6-5-7-26(39)37-29/h5-12,15-16,20H,4,13-14,17H2,1-3H3/t20-/m1/s1. The molecule has 0 aliphatic rings. The molecule has 0 N–H and O–H groups in total. The monoisotopic (exact) mass is 628 g/mol. The number of pyridine rings is 1. The van der Waals surface area contributed by atoms with Crippen LogP contribution in [0.4, 0.5) is 17.6 Å². The number of aryl methyl sites for hydroxylation is 1. The van der Waals surface area contributed by atoms with Gasteiger partial charge in [-0.2, -0.15) is 18.4 Å². The van der Waals surface area contributed by atoms with Gasteiger partial charge in [0.2, 0.25) is 5.91 Å². The van der Waals surface area contributed by atoms with Crippen molar-refractivity contribution in [2.45, 2.75) is 39.4 Å². The molecule has 0 saturated heterocycles. The largest absolute Gasteiger partial charge is 0.419 e. The summed E-state index contributed by atoms with van der Waals surface area (Å²) in [5.41, 5.74) is -0.294. The first-order chi connectivity index (χ1) is 20.7. The molecule has 0 spiro atoms. The third-order valence-electron chi connectivity index (χ3n) is 7.36. The maximum atomic E-state index is 13.9. The maximum absolute atomic E-state index is 13.9. The van der Waals surface area contributed by atoms with E-state index in [0.717, 1.165) is 11.0 Å². The highest BCUT2D eigenvalue weighted by molar-refractivity contribution is 7.91. The lowest BCUT2D eigenvalue weighted by Gasteiger charge is -2.30. The fourth-order valence-electron chi connectivity index (χ4n) is 4.86. The summed E-state index contributed by atoms with van der Waals surface area (Å²) in [6.07, 6.45) is -4.07. The van der Waals surface area contributed by atoms with Gasteiger partial charge in [0, 0.05) is 18.5 Å². The molecule has 0 aliphatic heterocycles. The van der Waals surface area contributed by atoms with E-state index in [1.165, 1.54) is 17.5 Å². The zero-order chi connectivity index (χ0) is 32.4. The highest BCUT2D eigenvalue weighted by Gasteiger charge is 2.35. The van der Waals surface area contributed by atoms with Crippen LogP contribution >= 0.6 is 0 Å². The number of halogens is 4. The molecule has 0 saturated carbocycles. The lowest BCUT2D eigenvalue weighted by atomic mass is 9.97. The highest BCUT2D eigenvalue weighted by Crippen LogP contribution is 2.33. The van der Waals surface area contributed by atoms with Crippen molar-refractivity contribution in [2.24, 2.45) is 0 Å². The molecule has 0 bridgehead atoms. The number of nitriles is 1. The fraction of sp³-hybridized carbons (Fsp3) is 0.290. The molecular weight excluding hydrogens is 600 g/mol. The third-order valence-corrected chi connectivity index (χ3v) is 9.04. The van der Waals surface area contributed by atoms with Crippen LogP contribution in [0.2, 0.25) is 0 Å². The van der Waals surface area contributed by atoms with E-state index in [4.69, 9.17) is 0 Å². The van der Waals surface area contributed by atoms with Gasteiger partial charge < -0.3 is 4.90 Å². The number of alkyl halides is 3. The van der Waals surface area contributed by atoms with Gasteiger partial charge in [0.15, 0.2) is 9.84 Å². The summed E-state index contributed by atoms with van der Waals surface area (Å²) in [6, 6.07) is 12.9. The fourth-order valence-corrected chi connectivity index (χ4v) is 5.63. The Labute approximate surface area is 251 Å². The molecule has 4 aromatic rings.